The molecule has 0 bridgehead atoms. The van der Waals surface area contributed by atoms with Gasteiger partial charge in [-0.05, 0) is 94.0 Å². The number of benzene rings is 7. The highest BCUT2D eigenvalue weighted by atomic mass is 32.2. The zero-order chi connectivity index (χ0) is 31.8. The Bertz CT molecular complexity index is 2540. The molecule has 0 amide bonds. The molecule has 1 spiro atoms. The first-order valence-corrected chi connectivity index (χ1v) is 17.8. The number of fused-ring (bicyclic) bond motifs is 10. The number of hydrogen-bond donors (Lipinski definition) is 0. The molecule has 0 radical (unpaired) electrons. The van der Waals surface area contributed by atoms with Gasteiger partial charge >= 0.3 is 0 Å². The van der Waals surface area contributed by atoms with Gasteiger partial charge in [0.05, 0.1) is 16.8 Å². The maximum absolute atomic E-state index is 13.2. The first kappa shape index (κ1) is 27.7. The Hall–Kier alpha value is -5.42. The fraction of sp³-hybridized carbons (Fsp3) is 0.0227. The Morgan fingerprint density at radius 2 is 0.979 bits per heavy atom. The van der Waals surface area contributed by atoms with Gasteiger partial charge in [-0.1, -0.05) is 115 Å². The SMILES string of the molecule is O=c1c2ccccc2sc2cc(-c3ccc(N4c5ccccc5C5(c6ccccc6Sc6ccccc65)c5ccccc54)cc3)ccc12. The minimum Gasteiger partial charge on any atom is -0.310 e. The van der Waals surface area contributed by atoms with Crippen LogP contribution < -0.4 is 10.3 Å². The quantitative estimate of drug-likeness (QED) is 0.174. The van der Waals surface area contributed by atoms with Gasteiger partial charge in [-0.2, -0.15) is 0 Å². The number of rotatable bonds is 2. The lowest BCUT2D eigenvalue weighted by atomic mass is 9.62. The van der Waals surface area contributed by atoms with Gasteiger partial charge in [0.1, 0.15) is 0 Å². The molecule has 48 heavy (non-hydrogen) atoms. The summed E-state index contributed by atoms with van der Waals surface area (Å²) in [5.41, 5.74) is 10.6. The van der Waals surface area contributed by atoms with Gasteiger partial charge in [-0.3, -0.25) is 4.79 Å². The van der Waals surface area contributed by atoms with Crippen LogP contribution in [-0.4, -0.2) is 0 Å². The van der Waals surface area contributed by atoms with E-state index in [9.17, 15) is 4.79 Å². The standard InChI is InChI=1S/C44H27NOS2/c46-43-31-11-1-8-18-39(31)47-42-27-29(23-26-32(42)43)28-21-24-30(25-22-28)45-37-16-6-2-12-33(37)44(34-13-3-7-17-38(34)45)35-14-4-9-19-40(35)48-41-20-10-5-15-36(41)44/h1-27H. The molecule has 0 unspecified atom stereocenters. The maximum Gasteiger partial charge on any atom is 0.195 e. The summed E-state index contributed by atoms with van der Waals surface area (Å²) in [6.07, 6.45) is 0. The van der Waals surface area contributed by atoms with Crippen LogP contribution in [0, 0.1) is 0 Å². The van der Waals surface area contributed by atoms with E-state index in [0.717, 1.165) is 37.0 Å². The maximum atomic E-state index is 13.2. The predicted octanol–water partition coefficient (Wildman–Crippen LogP) is 11.7. The van der Waals surface area contributed by atoms with Gasteiger partial charge in [0.15, 0.2) is 5.43 Å². The van der Waals surface area contributed by atoms with Crippen molar-refractivity contribution < 1.29 is 0 Å². The van der Waals surface area contributed by atoms with Gasteiger partial charge in [0, 0.05) is 35.7 Å². The van der Waals surface area contributed by atoms with Crippen LogP contribution in [0.15, 0.2) is 178 Å². The molecule has 10 rings (SSSR count). The van der Waals surface area contributed by atoms with Crippen molar-refractivity contribution in [2.45, 2.75) is 15.2 Å². The number of hydrogen-bond acceptors (Lipinski definition) is 4. The summed E-state index contributed by atoms with van der Waals surface area (Å²) in [7, 11) is 0. The summed E-state index contributed by atoms with van der Waals surface area (Å²) >= 11 is 3.54. The van der Waals surface area contributed by atoms with Gasteiger partial charge in [0.2, 0.25) is 0 Å². The van der Waals surface area contributed by atoms with Gasteiger partial charge in [0.25, 0.3) is 0 Å². The third kappa shape index (κ3) is 3.85. The highest BCUT2D eigenvalue weighted by molar-refractivity contribution is 7.99. The second-order valence-electron chi connectivity index (χ2n) is 12.4. The Morgan fingerprint density at radius 1 is 0.458 bits per heavy atom. The normalized spacial score (nSPS) is 14.0. The molecule has 2 aliphatic rings. The Morgan fingerprint density at radius 3 is 1.65 bits per heavy atom. The van der Waals surface area contributed by atoms with Crippen molar-refractivity contribution in [1.29, 1.82) is 0 Å². The predicted molar refractivity (Wildman–Crippen MR) is 202 cm³/mol. The molecular weight excluding hydrogens is 623 g/mol. The third-order valence-electron chi connectivity index (χ3n) is 9.94. The summed E-state index contributed by atoms with van der Waals surface area (Å²) in [5, 5.41) is 1.56. The molecular formula is C44H27NOS2. The van der Waals surface area contributed by atoms with E-state index in [-0.39, 0.29) is 5.43 Å². The van der Waals surface area contributed by atoms with E-state index in [1.165, 1.54) is 43.4 Å². The van der Waals surface area contributed by atoms with Crippen molar-refractivity contribution in [1.82, 2.24) is 0 Å². The number of anilines is 3. The Labute approximate surface area is 286 Å². The lowest BCUT2D eigenvalue weighted by Gasteiger charge is -2.49. The van der Waals surface area contributed by atoms with Crippen molar-refractivity contribution in [3.8, 4) is 11.1 Å². The lowest BCUT2D eigenvalue weighted by molar-refractivity contribution is 0.692. The highest BCUT2D eigenvalue weighted by Gasteiger charge is 2.50. The van der Waals surface area contributed by atoms with E-state index in [2.05, 4.69) is 138 Å². The molecule has 0 saturated heterocycles. The van der Waals surface area contributed by atoms with Crippen LogP contribution in [-0.2, 0) is 5.41 Å². The highest BCUT2D eigenvalue weighted by Crippen LogP contribution is 2.62. The first-order chi connectivity index (χ1) is 23.7. The Balaban J connectivity index is 1.14. The van der Waals surface area contributed by atoms with E-state index < -0.39 is 5.41 Å². The van der Waals surface area contributed by atoms with E-state index in [1.54, 1.807) is 11.3 Å². The van der Waals surface area contributed by atoms with Gasteiger partial charge < -0.3 is 4.90 Å². The monoisotopic (exact) mass is 649 g/mol. The third-order valence-corrected chi connectivity index (χ3v) is 12.2. The van der Waals surface area contributed by atoms with Crippen molar-refractivity contribution >= 4 is 60.3 Å². The summed E-state index contributed by atoms with van der Waals surface area (Å²) in [6.45, 7) is 0. The molecule has 3 heterocycles. The minimum atomic E-state index is -0.446. The fourth-order valence-corrected chi connectivity index (χ4v) is 10.2. The van der Waals surface area contributed by atoms with Crippen LogP contribution >= 0.6 is 23.1 Å². The molecule has 1 aromatic heterocycles. The molecule has 226 valence electrons. The van der Waals surface area contributed by atoms with Gasteiger partial charge in [-0.15, -0.1) is 11.3 Å². The van der Waals surface area contributed by atoms with Crippen LogP contribution in [0.1, 0.15) is 22.3 Å². The molecule has 4 heteroatoms. The first-order valence-electron chi connectivity index (χ1n) is 16.1. The topological polar surface area (TPSA) is 20.3 Å². The molecule has 7 aromatic carbocycles. The van der Waals surface area contributed by atoms with Crippen molar-refractivity contribution in [2.75, 3.05) is 4.90 Å². The van der Waals surface area contributed by atoms with Crippen molar-refractivity contribution in [2.24, 2.45) is 0 Å². The van der Waals surface area contributed by atoms with Crippen LogP contribution in [0.2, 0.25) is 0 Å². The molecule has 8 aromatic rings. The minimum absolute atomic E-state index is 0.100. The van der Waals surface area contributed by atoms with Crippen molar-refractivity contribution in [3.05, 3.63) is 196 Å². The molecule has 2 nitrogen and oxygen atoms in total. The average molecular weight is 650 g/mol. The molecule has 0 saturated carbocycles. The van der Waals surface area contributed by atoms with Crippen molar-refractivity contribution in [3.63, 3.8) is 0 Å². The van der Waals surface area contributed by atoms with Crippen LogP contribution in [0.4, 0.5) is 17.1 Å². The van der Waals surface area contributed by atoms with Crippen LogP contribution in [0.3, 0.4) is 0 Å². The average Bonchev–Trinajstić information content (AvgIpc) is 3.15. The Kier molecular flexibility index (Phi) is 6.08. The molecule has 0 aliphatic carbocycles. The number of para-hydroxylation sites is 2. The lowest BCUT2D eigenvalue weighted by Crippen LogP contribution is -2.39. The van der Waals surface area contributed by atoms with E-state index in [1.807, 2.05) is 42.1 Å². The summed E-state index contributed by atoms with van der Waals surface area (Å²) in [4.78, 5) is 18.2. The van der Waals surface area contributed by atoms with E-state index >= 15 is 0 Å². The smallest absolute Gasteiger partial charge is 0.195 e. The molecule has 0 atom stereocenters. The van der Waals surface area contributed by atoms with Gasteiger partial charge in [-0.25, -0.2) is 0 Å². The molecule has 0 fully saturated rings. The van der Waals surface area contributed by atoms with Crippen LogP contribution in [0.25, 0.3) is 31.3 Å². The van der Waals surface area contributed by atoms with Crippen LogP contribution in [0.5, 0.6) is 0 Å². The zero-order valence-electron chi connectivity index (χ0n) is 25.8. The van der Waals surface area contributed by atoms with E-state index in [0.29, 0.717) is 0 Å². The summed E-state index contributed by atoms with van der Waals surface area (Å²) in [5.74, 6) is 0. The summed E-state index contributed by atoms with van der Waals surface area (Å²) in [6, 6.07) is 58.7. The second-order valence-corrected chi connectivity index (χ2v) is 14.6. The molecule has 0 N–H and O–H groups in total. The van der Waals surface area contributed by atoms with E-state index in [4.69, 9.17) is 0 Å². The number of nitrogens with zero attached hydrogens (tertiary/aromatic N) is 1. The largest absolute Gasteiger partial charge is 0.310 e. The summed E-state index contributed by atoms with van der Waals surface area (Å²) < 4.78 is 2.03. The second kappa shape index (κ2) is 10.5. The molecule has 2 aliphatic heterocycles. The fourth-order valence-electron chi connectivity index (χ4n) is 7.88. The zero-order valence-corrected chi connectivity index (χ0v) is 27.4.